The molecule has 96 valence electrons. The summed E-state index contributed by atoms with van der Waals surface area (Å²) in [5, 5.41) is 9.77. The van der Waals surface area contributed by atoms with Gasteiger partial charge in [0.1, 0.15) is 0 Å². The molecule has 2 rings (SSSR count). The predicted octanol–water partition coefficient (Wildman–Crippen LogP) is 4.23. The van der Waals surface area contributed by atoms with Crippen molar-refractivity contribution in [3.05, 3.63) is 28.3 Å². The molecule has 1 aromatic carbocycles. The second kappa shape index (κ2) is 5.63. The monoisotopic (exact) mass is 262 g/mol. The second-order valence-corrected chi connectivity index (χ2v) is 5.52. The van der Waals surface area contributed by atoms with Gasteiger partial charge >= 0.3 is 0 Å². The quantitative estimate of drug-likeness (QED) is 0.798. The Bertz CT molecular complexity index is 453. The van der Waals surface area contributed by atoms with Crippen molar-refractivity contribution in [2.24, 2.45) is 0 Å². The average Bonchev–Trinajstić information content (AvgIpc) is 2.30. The number of nitrogens with zero attached hydrogens (tertiary/aromatic N) is 2. The molecule has 0 aliphatic carbocycles. The normalized spacial score (nSPS) is 19.7. The molecule has 1 saturated heterocycles. The van der Waals surface area contributed by atoms with Crippen LogP contribution < -0.4 is 4.90 Å². The van der Waals surface area contributed by atoms with E-state index in [1.807, 2.05) is 6.07 Å². The smallest absolute Gasteiger partial charge is 0.0645 e. The molecule has 0 saturated carbocycles. The van der Waals surface area contributed by atoms with E-state index in [1.165, 1.54) is 24.0 Å². The molecule has 2 nitrogen and oxygen atoms in total. The van der Waals surface area contributed by atoms with Crippen molar-refractivity contribution in [3.8, 4) is 6.07 Å². The van der Waals surface area contributed by atoms with Gasteiger partial charge in [0.25, 0.3) is 0 Å². The highest BCUT2D eigenvalue weighted by molar-refractivity contribution is 6.33. The Hall–Kier alpha value is -1.20. The van der Waals surface area contributed by atoms with Gasteiger partial charge in [-0.15, -0.1) is 0 Å². The van der Waals surface area contributed by atoms with Crippen LogP contribution in [-0.2, 0) is 0 Å². The van der Waals surface area contributed by atoms with Crippen molar-refractivity contribution in [3.63, 3.8) is 0 Å². The Morgan fingerprint density at radius 3 is 2.83 bits per heavy atom. The summed E-state index contributed by atoms with van der Waals surface area (Å²) in [7, 11) is 0. The lowest BCUT2D eigenvalue weighted by Gasteiger charge is -2.38. The molecular formula is C15H19ClN2. The first-order valence-electron chi connectivity index (χ1n) is 6.54. The fourth-order valence-corrected chi connectivity index (χ4v) is 3.31. The third-order valence-corrected chi connectivity index (χ3v) is 3.93. The summed E-state index contributed by atoms with van der Waals surface area (Å²) >= 11 is 6.41. The lowest BCUT2D eigenvalue weighted by atomic mass is 9.97. The third kappa shape index (κ3) is 2.62. The van der Waals surface area contributed by atoms with Crippen molar-refractivity contribution in [2.75, 3.05) is 11.4 Å². The van der Waals surface area contributed by atoms with E-state index in [9.17, 15) is 0 Å². The molecule has 0 aromatic heterocycles. The van der Waals surface area contributed by atoms with Crippen LogP contribution in [0.2, 0.25) is 5.02 Å². The molecule has 1 fully saturated rings. The number of halogens is 1. The van der Waals surface area contributed by atoms with Crippen LogP contribution in [0.25, 0.3) is 0 Å². The molecule has 1 aromatic rings. The number of anilines is 1. The van der Waals surface area contributed by atoms with Crippen LogP contribution in [0.4, 0.5) is 5.69 Å². The molecule has 1 aliphatic heterocycles. The zero-order valence-electron chi connectivity index (χ0n) is 11.0. The third-order valence-electron chi connectivity index (χ3n) is 3.64. The van der Waals surface area contributed by atoms with E-state index in [0.717, 1.165) is 23.7 Å². The number of piperidine rings is 1. The maximum atomic E-state index is 8.96. The van der Waals surface area contributed by atoms with Gasteiger partial charge in [-0.2, -0.15) is 5.26 Å². The van der Waals surface area contributed by atoms with Crippen LogP contribution in [0.3, 0.4) is 0 Å². The van der Waals surface area contributed by atoms with Crippen molar-refractivity contribution in [1.82, 2.24) is 0 Å². The first-order chi connectivity index (χ1) is 8.63. The molecule has 0 radical (unpaired) electrons. The van der Waals surface area contributed by atoms with Crippen molar-refractivity contribution < 1.29 is 0 Å². The molecule has 18 heavy (non-hydrogen) atoms. The number of aryl methyl sites for hydroxylation is 2. The zero-order chi connectivity index (χ0) is 13.1. The Balaban J connectivity index is 2.37. The number of benzene rings is 1. The van der Waals surface area contributed by atoms with Crippen molar-refractivity contribution in [1.29, 1.82) is 5.26 Å². The fourth-order valence-electron chi connectivity index (χ4n) is 2.88. The average molecular weight is 263 g/mol. The lowest BCUT2D eigenvalue weighted by molar-refractivity contribution is 0.464. The van der Waals surface area contributed by atoms with E-state index in [1.54, 1.807) is 0 Å². The zero-order valence-corrected chi connectivity index (χ0v) is 11.8. The summed E-state index contributed by atoms with van der Waals surface area (Å²) in [6.45, 7) is 5.17. The minimum atomic E-state index is 0.322. The maximum absolute atomic E-state index is 8.96. The molecule has 1 heterocycles. The maximum Gasteiger partial charge on any atom is 0.0645 e. The van der Waals surface area contributed by atoms with Gasteiger partial charge in [-0.3, -0.25) is 0 Å². The standard InChI is InChI=1S/C15H19ClN2/c1-11-9-12(2)15(14(16)10-11)18-8-4-3-5-13(18)6-7-17/h9-10,13H,3-6,8H2,1-2H3. The largest absolute Gasteiger partial charge is 0.366 e. The van der Waals surface area contributed by atoms with Crippen LogP contribution in [-0.4, -0.2) is 12.6 Å². The summed E-state index contributed by atoms with van der Waals surface area (Å²) in [4.78, 5) is 2.34. The molecular weight excluding hydrogens is 244 g/mol. The van der Waals surface area contributed by atoms with E-state index in [0.29, 0.717) is 12.5 Å². The van der Waals surface area contributed by atoms with Crippen molar-refractivity contribution >= 4 is 17.3 Å². The Labute approximate surface area is 114 Å². The van der Waals surface area contributed by atoms with E-state index in [2.05, 4.69) is 30.9 Å². The van der Waals surface area contributed by atoms with Gasteiger partial charge in [0.15, 0.2) is 0 Å². The first kappa shape index (κ1) is 13.2. The molecule has 0 bridgehead atoms. The van der Waals surface area contributed by atoms with Crippen LogP contribution in [0.5, 0.6) is 0 Å². The van der Waals surface area contributed by atoms with Gasteiger partial charge in [0.05, 0.1) is 23.2 Å². The molecule has 1 aliphatic rings. The van der Waals surface area contributed by atoms with Gasteiger partial charge in [0, 0.05) is 12.6 Å². The minimum Gasteiger partial charge on any atom is -0.366 e. The summed E-state index contributed by atoms with van der Waals surface area (Å²) in [6.07, 6.45) is 4.08. The predicted molar refractivity (Wildman–Crippen MR) is 76.1 cm³/mol. The highest BCUT2D eigenvalue weighted by atomic mass is 35.5. The van der Waals surface area contributed by atoms with Gasteiger partial charge < -0.3 is 4.90 Å². The summed E-state index contributed by atoms with van der Waals surface area (Å²) in [6, 6.07) is 6.81. The molecule has 0 N–H and O–H groups in total. The van der Waals surface area contributed by atoms with E-state index in [-0.39, 0.29) is 0 Å². The number of nitriles is 1. The van der Waals surface area contributed by atoms with Crippen LogP contribution in [0.1, 0.15) is 36.8 Å². The Morgan fingerprint density at radius 1 is 1.39 bits per heavy atom. The van der Waals surface area contributed by atoms with E-state index in [4.69, 9.17) is 16.9 Å². The van der Waals surface area contributed by atoms with Crippen LogP contribution >= 0.6 is 11.6 Å². The first-order valence-corrected chi connectivity index (χ1v) is 6.91. The number of rotatable bonds is 2. The van der Waals surface area contributed by atoms with Crippen molar-refractivity contribution in [2.45, 2.75) is 45.6 Å². The summed E-state index contributed by atoms with van der Waals surface area (Å²) in [5.74, 6) is 0. The number of hydrogen-bond acceptors (Lipinski definition) is 2. The van der Waals surface area contributed by atoms with Crippen LogP contribution in [0.15, 0.2) is 12.1 Å². The van der Waals surface area contributed by atoms with Gasteiger partial charge in [-0.25, -0.2) is 0 Å². The fraction of sp³-hybridized carbons (Fsp3) is 0.533. The molecule has 3 heteroatoms. The van der Waals surface area contributed by atoms with E-state index >= 15 is 0 Å². The van der Waals surface area contributed by atoms with E-state index < -0.39 is 0 Å². The van der Waals surface area contributed by atoms with Gasteiger partial charge in [-0.1, -0.05) is 17.7 Å². The lowest BCUT2D eigenvalue weighted by Crippen LogP contribution is -2.40. The molecule has 1 atom stereocenters. The highest BCUT2D eigenvalue weighted by Crippen LogP contribution is 2.35. The van der Waals surface area contributed by atoms with Gasteiger partial charge in [-0.05, 0) is 50.3 Å². The van der Waals surface area contributed by atoms with Gasteiger partial charge in [0.2, 0.25) is 0 Å². The topological polar surface area (TPSA) is 27.0 Å². The van der Waals surface area contributed by atoms with Crippen LogP contribution in [0, 0.1) is 25.2 Å². The minimum absolute atomic E-state index is 0.322. The summed E-state index contributed by atoms with van der Waals surface area (Å²) in [5.41, 5.74) is 3.53. The highest BCUT2D eigenvalue weighted by Gasteiger charge is 2.25. The molecule has 1 unspecified atom stereocenters. The number of hydrogen-bond donors (Lipinski definition) is 0. The summed E-state index contributed by atoms with van der Waals surface area (Å²) < 4.78 is 0. The Kier molecular flexibility index (Phi) is 4.14. The second-order valence-electron chi connectivity index (χ2n) is 5.12. The molecule has 0 amide bonds. The molecule has 0 spiro atoms. The Morgan fingerprint density at radius 2 is 2.17 bits per heavy atom. The SMILES string of the molecule is Cc1cc(C)c(N2CCCCC2CC#N)c(Cl)c1.